The first-order valence-corrected chi connectivity index (χ1v) is 9.21. The van der Waals surface area contributed by atoms with E-state index < -0.39 is 19.3 Å². The first-order chi connectivity index (χ1) is 12.2. The van der Waals surface area contributed by atoms with Crippen LogP contribution in [0.5, 0.6) is 0 Å². The van der Waals surface area contributed by atoms with E-state index in [0.717, 1.165) is 50.1 Å². The Bertz CT molecular complexity index is 572. The zero-order chi connectivity index (χ0) is 17.6. The number of anilines is 1. The van der Waals surface area contributed by atoms with Crippen molar-refractivity contribution in [2.24, 2.45) is 5.92 Å². The average molecular weight is 351 g/mol. The molecule has 1 aromatic rings. The van der Waals surface area contributed by atoms with Crippen molar-refractivity contribution < 1.29 is 13.6 Å². The number of piperidine rings is 1. The summed E-state index contributed by atoms with van der Waals surface area (Å²) in [5.41, 5.74) is 2.07. The third-order valence-electron chi connectivity index (χ3n) is 5.38. The molecule has 0 aromatic heterocycles. The van der Waals surface area contributed by atoms with Gasteiger partial charge in [-0.25, -0.2) is 4.79 Å². The molecule has 1 N–H and O–H groups in total. The third-order valence-corrected chi connectivity index (χ3v) is 5.38. The Labute approximate surface area is 148 Å². The normalized spacial score (nSPS) is 19.2. The number of fused-ring (bicyclic) bond motifs is 1. The summed E-state index contributed by atoms with van der Waals surface area (Å²) in [7, 11) is 0. The van der Waals surface area contributed by atoms with Crippen molar-refractivity contribution in [1.82, 2.24) is 9.80 Å². The van der Waals surface area contributed by atoms with Crippen LogP contribution in [0.4, 0.5) is 19.3 Å². The number of likely N-dealkylation sites (tertiary alicyclic amines) is 1. The van der Waals surface area contributed by atoms with Crippen molar-refractivity contribution in [2.45, 2.75) is 38.3 Å². The van der Waals surface area contributed by atoms with Gasteiger partial charge in [-0.2, -0.15) is 0 Å². The molecule has 0 unspecified atom stereocenters. The third kappa shape index (κ3) is 4.48. The Hall–Kier alpha value is -1.69. The van der Waals surface area contributed by atoms with Crippen LogP contribution in [0.1, 0.15) is 31.2 Å². The number of hydrogen-bond donors (Lipinski definition) is 1. The molecule has 138 valence electrons. The molecule has 6 heteroatoms. The van der Waals surface area contributed by atoms with Gasteiger partial charge in [-0.1, -0.05) is 18.2 Å². The van der Waals surface area contributed by atoms with E-state index in [9.17, 15) is 13.6 Å². The maximum atomic E-state index is 12.5. The molecule has 1 fully saturated rings. The van der Waals surface area contributed by atoms with Gasteiger partial charge >= 0.3 is 6.03 Å². The molecule has 0 radical (unpaired) electrons. The number of benzene rings is 1. The maximum Gasteiger partial charge on any atom is 0.322 e. The van der Waals surface area contributed by atoms with Gasteiger partial charge in [0.25, 0.3) is 0 Å². The number of rotatable bonds is 7. The molecule has 2 aliphatic rings. The molecule has 2 heterocycles. The largest absolute Gasteiger partial charge is 0.322 e. The number of amides is 2. The highest BCUT2D eigenvalue weighted by atomic mass is 19.1. The van der Waals surface area contributed by atoms with Crippen molar-refractivity contribution in [3.63, 3.8) is 0 Å². The standard InChI is InChI=1S/C19H27F2N3O/c20-12-15(13-21)4-3-9-23-10-7-17(8-11-23)24-14-16-5-1-2-6-18(16)22-19(24)25/h1-2,5-6,15,17H,3-4,7-14H2,(H,22,25). The van der Waals surface area contributed by atoms with E-state index in [1.165, 1.54) is 0 Å². The monoisotopic (exact) mass is 351 g/mol. The molecule has 2 amide bonds. The Morgan fingerprint density at radius 1 is 1.16 bits per heavy atom. The number of para-hydroxylation sites is 1. The molecule has 25 heavy (non-hydrogen) atoms. The van der Waals surface area contributed by atoms with E-state index in [1.807, 2.05) is 23.1 Å². The Morgan fingerprint density at radius 3 is 2.60 bits per heavy atom. The fourth-order valence-electron chi connectivity index (χ4n) is 3.77. The highest BCUT2D eigenvalue weighted by Crippen LogP contribution is 2.27. The van der Waals surface area contributed by atoms with Crippen molar-refractivity contribution in [1.29, 1.82) is 0 Å². The van der Waals surface area contributed by atoms with Gasteiger partial charge in [0, 0.05) is 37.3 Å². The molecule has 2 aliphatic heterocycles. The lowest BCUT2D eigenvalue weighted by atomic mass is 10.00. The minimum atomic E-state index is -0.565. The van der Waals surface area contributed by atoms with Crippen LogP contribution >= 0.6 is 0 Å². The summed E-state index contributed by atoms with van der Waals surface area (Å²) < 4.78 is 25.1. The topological polar surface area (TPSA) is 35.6 Å². The lowest BCUT2D eigenvalue weighted by Crippen LogP contribution is -2.50. The fourth-order valence-corrected chi connectivity index (χ4v) is 3.77. The molecule has 1 saturated heterocycles. The molecule has 0 bridgehead atoms. The second-order valence-corrected chi connectivity index (χ2v) is 7.10. The van der Waals surface area contributed by atoms with E-state index in [0.29, 0.717) is 13.0 Å². The van der Waals surface area contributed by atoms with Gasteiger partial charge in [-0.05, 0) is 43.9 Å². The molecule has 0 aliphatic carbocycles. The second kappa shape index (κ2) is 8.61. The number of halogens is 2. The summed E-state index contributed by atoms with van der Waals surface area (Å²) >= 11 is 0. The zero-order valence-electron chi connectivity index (χ0n) is 14.6. The van der Waals surface area contributed by atoms with Crippen molar-refractivity contribution in [2.75, 3.05) is 38.3 Å². The van der Waals surface area contributed by atoms with Gasteiger partial charge in [0.05, 0.1) is 13.3 Å². The first kappa shape index (κ1) is 18.1. The van der Waals surface area contributed by atoms with Crippen LogP contribution in [-0.4, -0.2) is 54.9 Å². The molecule has 0 saturated carbocycles. The zero-order valence-corrected chi connectivity index (χ0v) is 14.6. The number of urea groups is 1. The Kier molecular flexibility index (Phi) is 6.24. The summed E-state index contributed by atoms with van der Waals surface area (Å²) in [5.74, 6) is -0.436. The summed E-state index contributed by atoms with van der Waals surface area (Å²) in [6.07, 6.45) is 3.34. The van der Waals surface area contributed by atoms with E-state index >= 15 is 0 Å². The van der Waals surface area contributed by atoms with E-state index in [2.05, 4.69) is 16.3 Å². The molecule has 3 rings (SSSR count). The number of hydrogen-bond acceptors (Lipinski definition) is 2. The van der Waals surface area contributed by atoms with Crippen LogP contribution < -0.4 is 5.32 Å². The van der Waals surface area contributed by atoms with Crippen LogP contribution in [0.2, 0.25) is 0 Å². The van der Waals surface area contributed by atoms with Crippen molar-refractivity contribution >= 4 is 11.7 Å². The molecular weight excluding hydrogens is 324 g/mol. The Morgan fingerprint density at radius 2 is 1.88 bits per heavy atom. The van der Waals surface area contributed by atoms with Crippen LogP contribution in [0.3, 0.4) is 0 Å². The summed E-state index contributed by atoms with van der Waals surface area (Å²) in [4.78, 5) is 16.7. The summed E-state index contributed by atoms with van der Waals surface area (Å²) in [5, 5.41) is 2.98. The van der Waals surface area contributed by atoms with Crippen LogP contribution in [0, 0.1) is 5.92 Å². The summed E-state index contributed by atoms with van der Waals surface area (Å²) in [6.45, 7) is 2.30. The van der Waals surface area contributed by atoms with Crippen LogP contribution in [0.25, 0.3) is 0 Å². The molecule has 0 atom stereocenters. The lowest BCUT2D eigenvalue weighted by Gasteiger charge is -2.40. The molecule has 0 spiro atoms. The van der Waals surface area contributed by atoms with Gasteiger partial charge in [0.2, 0.25) is 0 Å². The van der Waals surface area contributed by atoms with E-state index in [-0.39, 0.29) is 12.1 Å². The molecular formula is C19H27F2N3O. The second-order valence-electron chi connectivity index (χ2n) is 7.10. The van der Waals surface area contributed by atoms with Gasteiger partial charge < -0.3 is 15.1 Å². The van der Waals surface area contributed by atoms with E-state index in [1.54, 1.807) is 0 Å². The maximum absolute atomic E-state index is 12.5. The van der Waals surface area contributed by atoms with Gasteiger partial charge in [-0.15, -0.1) is 0 Å². The average Bonchev–Trinajstić information content (AvgIpc) is 2.65. The minimum absolute atomic E-state index is 0.00844. The highest BCUT2D eigenvalue weighted by molar-refractivity contribution is 5.92. The number of carbonyl (C=O) groups is 1. The van der Waals surface area contributed by atoms with Gasteiger partial charge in [0.15, 0.2) is 0 Å². The lowest BCUT2D eigenvalue weighted by molar-refractivity contribution is 0.119. The summed E-state index contributed by atoms with van der Waals surface area (Å²) in [6, 6.07) is 8.18. The highest BCUT2D eigenvalue weighted by Gasteiger charge is 2.31. The van der Waals surface area contributed by atoms with Gasteiger partial charge in [0.1, 0.15) is 0 Å². The number of alkyl halides is 2. The predicted octanol–water partition coefficient (Wildman–Crippen LogP) is 3.83. The number of nitrogens with zero attached hydrogens (tertiary/aromatic N) is 2. The SMILES string of the molecule is O=C1Nc2ccccc2CN1C1CCN(CCCC(CF)CF)CC1. The molecule has 4 nitrogen and oxygen atoms in total. The van der Waals surface area contributed by atoms with Crippen LogP contribution in [0.15, 0.2) is 24.3 Å². The number of nitrogens with one attached hydrogen (secondary N) is 1. The van der Waals surface area contributed by atoms with Crippen molar-refractivity contribution in [3.05, 3.63) is 29.8 Å². The fraction of sp³-hybridized carbons (Fsp3) is 0.632. The van der Waals surface area contributed by atoms with Gasteiger partial charge in [-0.3, -0.25) is 8.78 Å². The predicted molar refractivity (Wildman–Crippen MR) is 95.1 cm³/mol. The van der Waals surface area contributed by atoms with Crippen LogP contribution in [-0.2, 0) is 6.54 Å². The Balaban J connectivity index is 1.45. The van der Waals surface area contributed by atoms with E-state index in [4.69, 9.17) is 0 Å². The quantitative estimate of drug-likeness (QED) is 0.810. The minimum Gasteiger partial charge on any atom is -0.317 e. The van der Waals surface area contributed by atoms with Crippen molar-refractivity contribution in [3.8, 4) is 0 Å². The molecule has 1 aromatic carbocycles. The smallest absolute Gasteiger partial charge is 0.317 e. The number of carbonyl (C=O) groups excluding carboxylic acids is 1. The first-order valence-electron chi connectivity index (χ1n) is 9.21.